The van der Waals surface area contributed by atoms with Gasteiger partial charge in [-0.1, -0.05) is 32.9 Å². The number of hydrogen-bond donors (Lipinski definition) is 2. The van der Waals surface area contributed by atoms with Gasteiger partial charge in [-0.15, -0.1) is 0 Å². The molecule has 0 saturated heterocycles. The number of nitrogens with one attached hydrogen (secondary N) is 2. The van der Waals surface area contributed by atoms with Gasteiger partial charge in [-0.2, -0.15) is 0 Å². The van der Waals surface area contributed by atoms with E-state index in [0.29, 0.717) is 22.4 Å². The molecular formula is C16H26N2O2S. The number of sulfonamides is 1. The summed E-state index contributed by atoms with van der Waals surface area (Å²) in [6, 6.07) is 7.17. The molecule has 1 saturated carbocycles. The standard InChI is InChI=1S/C16H26N2O2S/c1-4-11-17-15-7-5-6-8-16(15)21(19,20)18-14-10-9-12(2)13(14)3/h5-8,12-14,17-18H,4,9-11H2,1-3H3. The maximum absolute atomic E-state index is 12.7. The number of rotatable bonds is 6. The lowest BCUT2D eigenvalue weighted by atomic mass is 9.98. The van der Waals surface area contributed by atoms with Gasteiger partial charge < -0.3 is 5.32 Å². The largest absolute Gasteiger partial charge is 0.384 e. The molecule has 0 aliphatic heterocycles. The molecule has 118 valence electrons. The van der Waals surface area contributed by atoms with E-state index in [-0.39, 0.29) is 6.04 Å². The molecule has 0 bridgehead atoms. The summed E-state index contributed by atoms with van der Waals surface area (Å²) in [6.07, 6.45) is 2.97. The van der Waals surface area contributed by atoms with Gasteiger partial charge in [0.05, 0.1) is 5.69 Å². The average molecular weight is 310 g/mol. The van der Waals surface area contributed by atoms with Crippen molar-refractivity contribution in [3.8, 4) is 0 Å². The topological polar surface area (TPSA) is 58.2 Å². The fraction of sp³-hybridized carbons (Fsp3) is 0.625. The summed E-state index contributed by atoms with van der Waals surface area (Å²) in [5.74, 6) is 0.960. The minimum Gasteiger partial charge on any atom is -0.384 e. The van der Waals surface area contributed by atoms with Crippen LogP contribution in [0, 0.1) is 11.8 Å². The Bertz CT molecular complexity index is 571. The van der Waals surface area contributed by atoms with Gasteiger partial charge in [-0.05, 0) is 43.2 Å². The van der Waals surface area contributed by atoms with Crippen LogP contribution in [0.2, 0.25) is 0 Å². The van der Waals surface area contributed by atoms with Crippen LogP contribution < -0.4 is 10.0 Å². The highest BCUT2D eigenvalue weighted by Gasteiger charge is 2.33. The molecule has 1 aliphatic carbocycles. The van der Waals surface area contributed by atoms with Crippen LogP contribution in [0.15, 0.2) is 29.2 Å². The Kier molecular flexibility index (Phi) is 5.27. The molecular weight excluding hydrogens is 284 g/mol. The van der Waals surface area contributed by atoms with Crippen LogP contribution >= 0.6 is 0 Å². The third kappa shape index (κ3) is 3.77. The Labute approximate surface area is 128 Å². The molecule has 0 amide bonds. The summed E-state index contributed by atoms with van der Waals surface area (Å²) in [4.78, 5) is 0.352. The van der Waals surface area contributed by atoms with Crippen molar-refractivity contribution >= 4 is 15.7 Å². The third-order valence-electron chi connectivity index (χ3n) is 4.51. The van der Waals surface area contributed by atoms with E-state index >= 15 is 0 Å². The summed E-state index contributed by atoms with van der Waals surface area (Å²) in [5, 5.41) is 3.19. The van der Waals surface area contributed by atoms with Crippen molar-refractivity contribution in [1.29, 1.82) is 0 Å². The Morgan fingerprint density at radius 1 is 1.19 bits per heavy atom. The first-order valence-electron chi connectivity index (χ1n) is 7.81. The molecule has 21 heavy (non-hydrogen) atoms. The van der Waals surface area contributed by atoms with Crippen molar-refractivity contribution in [3.05, 3.63) is 24.3 Å². The monoisotopic (exact) mass is 310 g/mol. The first-order chi connectivity index (χ1) is 9.95. The SMILES string of the molecule is CCCNc1ccccc1S(=O)(=O)NC1CCC(C)C1C. The van der Waals surface area contributed by atoms with E-state index in [1.54, 1.807) is 12.1 Å². The first-order valence-corrected chi connectivity index (χ1v) is 9.29. The molecule has 1 aromatic carbocycles. The van der Waals surface area contributed by atoms with E-state index < -0.39 is 10.0 Å². The smallest absolute Gasteiger partial charge is 0.242 e. The molecule has 0 heterocycles. The molecule has 0 spiro atoms. The average Bonchev–Trinajstić information content (AvgIpc) is 2.77. The van der Waals surface area contributed by atoms with Gasteiger partial charge in [0.1, 0.15) is 4.90 Å². The Hall–Kier alpha value is -1.07. The minimum atomic E-state index is -3.47. The van der Waals surface area contributed by atoms with Crippen LogP contribution in [-0.4, -0.2) is 21.0 Å². The van der Waals surface area contributed by atoms with Gasteiger partial charge in [-0.3, -0.25) is 0 Å². The Morgan fingerprint density at radius 2 is 1.90 bits per heavy atom. The van der Waals surface area contributed by atoms with Gasteiger partial charge in [0.25, 0.3) is 0 Å². The summed E-state index contributed by atoms with van der Waals surface area (Å²) in [7, 11) is -3.47. The van der Waals surface area contributed by atoms with Crippen LogP contribution in [0.25, 0.3) is 0 Å². The Morgan fingerprint density at radius 3 is 2.52 bits per heavy atom. The molecule has 1 fully saturated rings. The normalized spacial score (nSPS) is 26.0. The molecule has 1 aromatic rings. The van der Waals surface area contributed by atoms with E-state index in [1.807, 2.05) is 12.1 Å². The first kappa shape index (κ1) is 16.3. The Balaban J connectivity index is 2.20. The molecule has 4 nitrogen and oxygen atoms in total. The quantitative estimate of drug-likeness (QED) is 0.848. The van der Waals surface area contributed by atoms with E-state index in [1.165, 1.54) is 0 Å². The molecule has 0 radical (unpaired) electrons. The molecule has 3 unspecified atom stereocenters. The number of benzene rings is 1. The second-order valence-corrected chi connectivity index (χ2v) is 7.75. The van der Waals surface area contributed by atoms with Crippen molar-refractivity contribution in [3.63, 3.8) is 0 Å². The van der Waals surface area contributed by atoms with Crippen molar-refractivity contribution in [2.45, 2.75) is 51.0 Å². The van der Waals surface area contributed by atoms with Crippen molar-refractivity contribution in [2.24, 2.45) is 11.8 Å². The third-order valence-corrected chi connectivity index (χ3v) is 6.06. The summed E-state index contributed by atoms with van der Waals surface area (Å²) in [6.45, 7) is 7.15. The van der Waals surface area contributed by atoms with Gasteiger partial charge in [0, 0.05) is 12.6 Å². The van der Waals surface area contributed by atoms with Gasteiger partial charge >= 0.3 is 0 Å². The van der Waals surface area contributed by atoms with Gasteiger partial charge in [0.15, 0.2) is 0 Å². The molecule has 5 heteroatoms. The molecule has 3 atom stereocenters. The van der Waals surface area contributed by atoms with E-state index in [2.05, 4.69) is 30.8 Å². The number of para-hydroxylation sites is 1. The van der Waals surface area contributed by atoms with Gasteiger partial charge in [0.2, 0.25) is 10.0 Å². The van der Waals surface area contributed by atoms with Crippen LogP contribution in [0.5, 0.6) is 0 Å². The van der Waals surface area contributed by atoms with Crippen molar-refractivity contribution < 1.29 is 8.42 Å². The van der Waals surface area contributed by atoms with Crippen LogP contribution in [0.1, 0.15) is 40.0 Å². The lowest BCUT2D eigenvalue weighted by Crippen LogP contribution is -2.37. The van der Waals surface area contributed by atoms with Crippen LogP contribution in [0.4, 0.5) is 5.69 Å². The van der Waals surface area contributed by atoms with E-state index in [9.17, 15) is 8.42 Å². The predicted octanol–water partition coefficient (Wildman–Crippen LogP) is 3.22. The van der Waals surface area contributed by atoms with Crippen molar-refractivity contribution in [2.75, 3.05) is 11.9 Å². The zero-order valence-corrected chi connectivity index (χ0v) is 13.9. The summed E-state index contributed by atoms with van der Waals surface area (Å²) >= 11 is 0. The predicted molar refractivity (Wildman–Crippen MR) is 86.9 cm³/mol. The second kappa shape index (κ2) is 6.79. The highest BCUT2D eigenvalue weighted by atomic mass is 32.2. The molecule has 2 N–H and O–H groups in total. The van der Waals surface area contributed by atoms with Crippen LogP contribution in [0.3, 0.4) is 0 Å². The summed E-state index contributed by atoms with van der Waals surface area (Å²) < 4.78 is 28.2. The fourth-order valence-electron chi connectivity index (χ4n) is 2.90. The highest BCUT2D eigenvalue weighted by Crippen LogP contribution is 2.32. The molecule has 0 aromatic heterocycles. The number of hydrogen-bond acceptors (Lipinski definition) is 3. The number of anilines is 1. The van der Waals surface area contributed by atoms with Crippen molar-refractivity contribution in [1.82, 2.24) is 4.72 Å². The summed E-state index contributed by atoms with van der Waals surface area (Å²) in [5.41, 5.74) is 0.686. The van der Waals surface area contributed by atoms with E-state index in [0.717, 1.165) is 25.8 Å². The zero-order valence-electron chi connectivity index (χ0n) is 13.1. The zero-order chi connectivity index (χ0) is 15.5. The minimum absolute atomic E-state index is 0.0456. The second-order valence-electron chi connectivity index (χ2n) is 6.06. The maximum Gasteiger partial charge on any atom is 0.242 e. The van der Waals surface area contributed by atoms with E-state index in [4.69, 9.17) is 0 Å². The lowest BCUT2D eigenvalue weighted by Gasteiger charge is -2.21. The molecule has 1 aliphatic rings. The maximum atomic E-state index is 12.7. The molecule has 2 rings (SSSR count). The highest BCUT2D eigenvalue weighted by molar-refractivity contribution is 7.89. The van der Waals surface area contributed by atoms with Gasteiger partial charge in [-0.25, -0.2) is 13.1 Å². The van der Waals surface area contributed by atoms with Crippen LogP contribution in [-0.2, 0) is 10.0 Å². The lowest BCUT2D eigenvalue weighted by molar-refractivity contribution is 0.402. The fourth-order valence-corrected chi connectivity index (χ4v) is 4.45.